The number of carbonyl (C=O) groups excluding carboxylic acids is 3. The van der Waals surface area contributed by atoms with Crippen molar-refractivity contribution >= 4 is 47.3 Å². The zero-order valence-corrected chi connectivity index (χ0v) is 29.1. The van der Waals surface area contributed by atoms with Crippen molar-refractivity contribution in [2.45, 2.75) is 65.6 Å². The highest BCUT2D eigenvalue weighted by Crippen LogP contribution is 2.09. The molecule has 0 saturated heterocycles. The lowest BCUT2D eigenvalue weighted by molar-refractivity contribution is -0.130. The Labute approximate surface area is 287 Å². The second-order valence-electron chi connectivity index (χ2n) is 11.4. The van der Waals surface area contributed by atoms with E-state index in [0.29, 0.717) is 48.2 Å². The van der Waals surface area contributed by atoms with Gasteiger partial charge in [0.15, 0.2) is 0 Å². The number of nitrogens with two attached hydrogens (primary N) is 1. The molecule has 6 N–H and O–H groups in total. The number of alkyl carbamates (subject to hydrolysis) is 2. The molecule has 47 heavy (non-hydrogen) atoms. The summed E-state index contributed by atoms with van der Waals surface area (Å²) in [7, 11) is 0. The molecular weight excluding hydrogens is 647 g/mol. The van der Waals surface area contributed by atoms with Gasteiger partial charge in [-0.1, -0.05) is 35.0 Å². The predicted octanol–water partition coefficient (Wildman–Crippen LogP) is 5.36. The van der Waals surface area contributed by atoms with Crippen LogP contribution in [0.2, 0.25) is 10.0 Å². The molecule has 256 valence electrons. The lowest BCUT2D eigenvalue weighted by Crippen LogP contribution is -2.34. The van der Waals surface area contributed by atoms with Crippen LogP contribution in [0.15, 0.2) is 48.5 Å². The van der Waals surface area contributed by atoms with Crippen LogP contribution in [-0.2, 0) is 19.1 Å². The minimum absolute atomic E-state index is 0.364. The lowest BCUT2D eigenvalue weighted by Gasteiger charge is -2.19. The Morgan fingerprint density at radius 1 is 0.681 bits per heavy atom. The van der Waals surface area contributed by atoms with E-state index in [2.05, 4.69) is 33.7 Å². The molecule has 0 aliphatic heterocycles. The van der Waals surface area contributed by atoms with E-state index < -0.39 is 23.3 Å². The second-order valence-corrected chi connectivity index (χ2v) is 12.3. The van der Waals surface area contributed by atoms with E-state index in [1.165, 1.54) is 0 Å². The van der Waals surface area contributed by atoms with Crippen molar-refractivity contribution in [3.8, 4) is 23.7 Å². The number of nitrogens with one attached hydrogen (secondary N) is 3. The molecule has 2 rings (SSSR count). The van der Waals surface area contributed by atoms with Crippen molar-refractivity contribution in [2.75, 3.05) is 26.2 Å². The van der Waals surface area contributed by atoms with Crippen LogP contribution in [0.5, 0.6) is 0 Å². The topological polar surface area (TPSA) is 169 Å². The van der Waals surface area contributed by atoms with Gasteiger partial charge in [0.1, 0.15) is 11.2 Å². The molecule has 0 spiro atoms. The number of carboxylic acids is 1. The Kier molecular flexibility index (Phi) is 20.8. The quantitative estimate of drug-likeness (QED) is 0.191. The number of carboxylic acid groups (broad SMARTS) is 1. The molecule has 0 saturated carbocycles. The van der Waals surface area contributed by atoms with Crippen molar-refractivity contribution in [1.82, 2.24) is 16.0 Å². The fourth-order valence-electron chi connectivity index (χ4n) is 2.77. The van der Waals surface area contributed by atoms with Gasteiger partial charge >= 0.3 is 18.2 Å². The summed E-state index contributed by atoms with van der Waals surface area (Å²) in [5.41, 5.74) is 5.67. The average molecular weight is 692 g/mol. The maximum absolute atomic E-state index is 11.5. The Morgan fingerprint density at radius 3 is 1.45 bits per heavy atom. The van der Waals surface area contributed by atoms with Crippen molar-refractivity contribution in [1.29, 1.82) is 0 Å². The number of halogens is 2. The van der Waals surface area contributed by atoms with Gasteiger partial charge in [-0.25, -0.2) is 14.4 Å². The number of hydrogen-bond acceptors (Lipinski definition) is 7. The van der Waals surface area contributed by atoms with E-state index in [1.54, 1.807) is 69.3 Å². The second kappa shape index (κ2) is 23.0. The van der Waals surface area contributed by atoms with Crippen molar-refractivity contribution in [3.63, 3.8) is 0 Å². The van der Waals surface area contributed by atoms with Crippen LogP contribution in [0.3, 0.4) is 0 Å². The van der Waals surface area contributed by atoms with Crippen LogP contribution in [-0.4, -0.2) is 66.6 Å². The number of benzene rings is 2. The van der Waals surface area contributed by atoms with Gasteiger partial charge in [-0.05, 0) is 109 Å². The van der Waals surface area contributed by atoms with Gasteiger partial charge in [0, 0.05) is 52.6 Å². The Morgan fingerprint density at radius 2 is 1.06 bits per heavy atom. The molecule has 2 aromatic rings. The Balaban J connectivity index is 0.000000743. The molecule has 0 bridgehead atoms. The van der Waals surface area contributed by atoms with Gasteiger partial charge in [-0.3, -0.25) is 4.79 Å². The first-order valence-electron chi connectivity index (χ1n) is 14.6. The molecule has 0 fully saturated rings. The van der Waals surface area contributed by atoms with Crippen molar-refractivity contribution in [2.24, 2.45) is 5.73 Å². The Hall–Kier alpha value is -4.42. The number of amides is 3. The summed E-state index contributed by atoms with van der Waals surface area (Å²) in [6.07, 6.45) is 0.523. The van der Waals surface area contributed by atoms with Crippen LogP contribution in [0, 0.1) is 23.7 Å². The number of carbonyl (C=O) groups is 4. The minimum Gasteiger partial charge on any atom is -0.472 e. The largest absolute Gasteiger partial charge is 0.472 e. The van der Waals surface area contributed by atoms with E-state index in [9.17, 15) is 19.2 Å². The highest BCUT2D eigenvalue weighted by atomic mass is 35.5. The monoisotopic (exact) mass is 690 g/mol. The molecule has 0 radical (unpaired) electrons. The first kappa shape index (κ1) is 42.6. The standard InChI is InChI=1S/C17H21ClN2O3.C9H5ClO2.C8H18N2O2/c1-17(2,3)23-16(22)20-12-4-11-19-15(21)10-7-13-5-8-14(18)9-6-13;10-8-4-1-7(2-5-8)3-6-9(11)12;1-8(2,3)12-7(11)10-6-4-5-9/h5-6,8-9H,4,11-12H2,1-3H3,(H,19,21)(H,20,22);1-2,4-5H,(H,11,12);4-6,9H2,1-3H3,(H,10,11). The number of rotatable bonds is 7. The fraction of sp³-hybridized carbons (Fsp3) is 0.412. The molecule has 0 atom stereocenters. The third-order valence-electron chi connectivity index (χ3n) is 4.68. The zero-order valence-electron chi connectivity index (χ0n) is 27.6. The summed E-state index contributed by atoms with van der Waals surface area (Å²) >= 11 is 11.4. The van der Waals surface area contributed by atoms with Gasteiger partial charge in [0.25, 0.3) is 5.91 Å². The summed E-state index contributed by atoms with van der Waals surface area (Å²) in [5, 5.41) is 17.3. The van der Waals surface area contributed by atoms with E-state index in [0.717, 1.165) is 12.0 Å². The smallest absolute Gasteiger partial charge is 0.407 e. The van der Waals surface area contributed by atoms with Gasteiger partial charge in [0.2, 0.25) is 0 Å². The van der Waals surface area contributed by atoms with Gasteiger partial charge < -0.3 is 36.3 Å². The molecule has 0 unspecified atom stereocenters. The van der Waals surface area contributed by atoms with Crippen LogP contribution in [0.25, 0.3) is 0 Å². The summed E-state index contributed by atoms with van der Waals surface area (Å²) in [5.74, 6) is 8.21. The Bertz CT molecular complexity index is 1400. The predicted molar refractivity (Wildman–Crippen MR) is 184 cm³/mol. The maximum Gasteiger partial charge on any atom is 0.407 e. The highest BCUT2D eigenvalue weighted by molar-refractivity contribution is 6.30. The molecule has 2 aromatic carbocycles. The van der Waals surface area contributed by atoms with Gasteiger partial charge in [0.05, 0.1) is 0 Å². The molecule has 0 aliphatic carbocycles. The van der Waals surface area contributed by atoms with Crippen LogP contribution >= 0.6 is 23.2 Å². The van der Waals surface area contributed by atoms with Gasteiger partial charge in [-0.2, -0.15) is 0 Å². The third-order valence-corrected chi connectivity index (χ3v) is 5.18. The summed E-state index contributed by atoms with van der Waals surface area (Å²) in [4.78, 5) is 43.9. The summed E-state index contributed by atoms with van der Waals surface area (Å²) in [6, 6.07) is 13.6. The fourth-order valence-corrected chi connectivity index (χ4v) is 3.02. The minimum atomic E-state index is -1.13. The lowest BCUT2D eigenvalue weighted by atomic mass is 10.2. The normalized spacial score (nSPS) is 9.98. The maximum atomic E-state index is 11.5. The van der Waals surface area contributed by atoms with Crippen molar-refractivity contribution < 1.29 is 33.8 Å². The van der Waals surface area contributed by atoms with Crippen LogP contribution in [0.4, 0.5) is 9.59 Å². The summed E-state index contributed by atoms with van der Waals surface area (Å²) in [6.45, 7) is 12.9. The van der Waals surface area contributed by atoms with E-state index in [1.807, 2.05) is 26.7 Å². The SMILES string of the molecule is CC(C)(C)OC(=O)NCCCN.CC(C)(C)OC(=O)NCCCNC(=O)C#Cc1ccc(Cl)cc1.O=C(O)C#Cc1ccc(Cl)cc1. The molecule has 13 heteroatoms. The number of aliphatic carboxylic acids is 1. The van der Waals surface area contributed by atoms with E-state index in [-0.39, 0.29) is 12.0 Å². The zero-order chi connectivity index (χ0) is 35.9. The first-order chi connectivity index (χ1) is 21.9. The molecule has 0 aliphatic rings. The number of hydrogen-bond donors (Lipinski definition) is 5. The molecule has 11 nitrogen and oxygen atoms in total. The molecule has 0 heterocycles. The van der Waals surface area contributed by atoms with Crippen LogP contribution in [0.1, 0.15) is 65.5 Å². The van der Waals surface area contributed by atoms with Crippen molar-refractivity contribution in [3.05, 3.63) is 69.7 Å². The van der Waals surface area contributed by atoms with Gasteiger partial charge in [-0.15, -0.1) is 0 Å². The molecule has 3 amide bonds. The summed E-state index contributed by atoms with van der Waals surface area (Å²) < 4.78 is 10.1. The number of ether oxygens (including phenoxy) is 2. The van der Waals surface area contributed by atoms with E-state index in [4.69, 9.17) is 43.5 Å². The van der Waals surface area contributed by atoms with E-state index >= 15 is 0 Å². The van der Waals surface area contributed by atoms with Crippen LogP contribution < -0.4 is 21.7 Å². The molecular formula is C34H44Cl2N4O7. The first-order valence-corrected chi connectivity index (χ1v) is 15.4. The third kappa shape index (κ3) is 27.6. The highest BCUT2D eigenvalue weighted by Gasteiger charge is 2.16. The molecule has 0 aromatic heterocycles. The average Bonchev–Trinajstić information content (AvgIpc) is 2.95.